The molecule has 0 heterocycles. The second-order valence-corrected chi connectivity index (χ2v) is 5.30. The Morgan fingerprint density at radius 3 is 1.50 bits per heavy atom. The first kappa shape index (κ1) is 22.2. The van der Waals surface area contributed by atoms with Crippen molar-refractivity contribution in [3.63, 3.8) is 0 Å². The van der Waals surface area contributed by atoms with E-state index in [9.17, 15) is 9.79 Å². The van der Waals surface area contributed by atoms with Crippen LogP contribution in [0.5, 0.6) is 0 Å². The van der Waals surface area contributed by atoms with Crippen molar-refractivity contribution in [3.05, 3.63) is 0 Å². The molecule has 0 amide bonds. The summed E-state index contributed by atoms with van der Waals surface area (Å²) in [6.45, 7) is 2.60. The molecule has 5 heteroatoms. The van der Waals surface area contributed by atoms with E-state index in [1.54, 1.807) is 0 Å². The molecule has 0 aromatic rings. The van der Waals surface area contributed by atoms with Crippen molar-refractivity contribution < 1.29 is 14.3 Å². The van der Waals surface area contributed by atoms with E-state index in [-0.39, 0.29) is 48.9 Å². The van der Waals surface area contributed by atoms with Crippen LogP contribution in [0.15, 0.2) is 0 Å². The van der Waals surface area contributed by atoms with E-state index >= 15 is 0 Å². The number of unbranched alkanes of at least 4 members (excludes halogenated alkanes) is 10. The summed E-state index contributed by atoms with van der Waals surface area (Å²) >= 11 is 0. The minimum absolute atomic E-state index is 0. The Morgan fingerprint density at radius 2 is 1.11 bits per heavy atom. The van der Waals surface area contributed by atoms with E-state index in [4.69, 9.17) is 0 Å². The molecule has 0 aliphatic heterocycles. The summed E-state index contributed by atoms with van der Waals surface area (Å²) in [4.78, 5) is 20.2. The molecule has 0 aromatic carbocycles. The van der Waals surface area contributed by atoms with Gasteiger partial charge in [0, 0.05) is 6.61 Å². The van der Waals surface area contributed by atoms with Crippen LogP contribution in [0.1, 0.15) is 77.6 Å². The summed E-state index contributed by atoms with van der Waals surface area (Å²) in [6.07, 6.45) is 13.9. The van der Waals surface area contributed by atoms with Gasteiger partial charge in [0.25, 0.3) is 0 Å². The Hall–Kier alpha value is 1.88. The molecule has 3 nitrogen and oxygen atoms in total. The van der Waals surface area contributed by atoms with Crippen molar-refractivity contribution in [2.24, 2.45) is 0 Å². The van der Waals surface area contributed by atoms with Gasteiger partial charge in [0.2, 0.25) is 0 Å². The quantitative estimate of drug-likeness (QED) is 0.272. The third kappa shape index (κ3) is 20.2. The van der Waals surface area contributed by atoms with Crippen LogP contribution in [-0.2, 0) is 4.52 Å². The summed E-state index contributed by atoms with van der Waals surface area (Å²) in [7, 11) is -2.64. The molecule has 104 valence electrons. The maximum absolute atomic E-state index is 10.1. The normalized spacial score (nSPS) is 10.7. The van der Waals surface area contributed by atoms with Crippen molar-refractivity contribution in [2.45, 2.75) is 77.6 Å². The van der Waals surface area contributed by atoms with E-state index in [0.29, 0.717) is 6.61 Å². The van der Waals surface area contributed by atoms with Gasteiger partial charge in [-0.25, -0.2) is 0 Å². The van der Waals surface area contributed by atoms with Crippen LogP contribution in [0, 0.1) is 0 Å². The van der Waals surface area contributed by atoms with Crippen LogP contribution in [0.25, 0.3) is 0 Å². The summed E-state index contributed by atoms with van der Waals surface area (Å²) in [5, 5.41) is 0. The molecule has 0 bridgehead atoms. The molecule has 0 unspecified atom stereocenters. The van der Waals surface area contributed by atoms with Gasteiger partial charge in [-0.15, -0.1) is 0 Å². The number of rotatable bonds is 13. The van der Waals surface area contributed by atoms with Crippen molar-refractivity contribution in [1.29, 1.82) is 0 Å². The van der Waals surface area contributed by atoms with E-state index in [0.717, 1.165) is 12.8 Å². The monoisotopic (exact) mass is 400 g/mol. The van der Waals surface area contributed by atoms with Gasteiger partial charge in [-0.2, -0.15) is 8.60 Å². The largest absolute Gasteiger partial charge is 2.00 e. The van der Waals surface area contributed by atoms with Gasteiger partial charge in [-0.1, -0.05) is 71.1 Å². The fourth-order valence-electron chi connectivity index (χ4n) is 1.91. The molecular weight excluding hydrogens is 372 g/mol. The van der Waals surface area contributed by atoms with Gasteiger partial charge in [0.15, 0.2) is 0 Å². The van der Waals surface area contributed by atoms with Gasteiger partial charge in [-0.05, 0) is 6.42 Å². The SMILES string of the molecule is CCCCCCCCCCCCCOP([O-])[O-].[Ba+2]. The Bertz CT molecular complexity index is 148. The smallest absolute Gasteiger partial charge is 0.820 e. The first-order valence-electron chi connectivity index (χ1n) is 7.04. The van der Waals surface area contributed by atoms with Crippen LogP contribution in [-0.4, -0.2) is 55.5 Å². The van der Waals surface area contributed by atoms with E-state index in [1.165, 1.54) is 57.8 Å². The van der Waals surface area contributed by atoms with Gasteiger partial charge >= 0.3 is 48.9 Å². The zero-order valence-electron chi connectivity index (χ0n) is 11.9. The van der Waals surface area contributed by atoms with Crippen molar-refractivity contribution in [3.8, 4) is 0 Å². The second kappa shape index (κ2) is 18.9. The van der Waals surface area contributed by atoms with Crippen LogP contribution in [0.2, 0.25) is 0 Å². The molecule has 18 heavy (non-hydrogen) atoms. The predicted octanol–water partition coefficient (Wildman–Crippen LogP) is 2.88. The zero-order valence-corrected chi connectivity index (χ0v) is 17.2. The van der Waals surface area contributed by atoms with Gasteiger partial charge in [-0.3, -0.25) is 0 Å². The summed E-state index contributed by atoms with van der Waals surface area (Å²) in [6, 6.07) is 0. The summed E-state index contributed by atoms with van der Waals surface area (Å²) < 4.78 is 4.48. The van der Waals surface area contributed by atoms with E-state index < -0.39 is 8.60 Å². The summed E-state index contributed by atoms with van der Waals surface area (Å²) in [5.41, 5.74) is 0. The Labute approximate surface area is 154 Å². The third-order valence-corrected chi connectivity index (χ3v) is 3.34. The topological polar surface area (TPSA) is 55.3 Å². The van der Waals surface area contributed by atoms with Crippen molar-refractivity contribution in [1.82, 2.24) is 0 Å². The van der Waals surface area contributed by atoms with Crippen LogP contribution >= 0.6 is 8.60 Å². The second-order valence-electron chi connectivity index (χ2n) is 4.59. The van der Waals surface area contributed by atoms with Crippen molar-refractivity contribution >= 4 is 57.5 Å². The first-order chi connectivity index (χ1) is 8.27. The first-order valence-corrected chi connectivity index (χ1v) is 8.14. The standard InChI is InChI=1S/C13H27O3P.Ba/c1-2-3-4-5-6-7-8-9-10-11-12-13-16-17(14)15;/h2-13H2,1H3;/q-2;+2. The molecule has 0 fully saturated rings. The molecule has 0 N–H and O–H groups in total. The fraction of sp³-hybridized carbons (Fsp3) is 1.00. The molecule has 0 aliphatic carbocycles. The fourth-order valence-corrected chi connectivity index (χ4v) is 2.18. The maximum atomic E-state index is 10.1. The van der Waals surface area contributed by atoms with E-state index in [1.807, 2.05) is 0 Å². The predicted molar refractivity (Wildman–Crippen MR) is 75.1 cm³/mol. The maximum Gasteiger partial charge on any atom is 2.00 e. The molecule has 0 saturated heterocycles. The molecular formula is C13H27BaO3P. The number of hydrogen-bond donors (Lipinski definition) is 0. The van der Waals surface area contributed by atoms with Gasteiger partial charge < -0.3 is 14.3 Å². The van der Waals surface area contributed by atoms with Crippen LogP contribution in [0.3, 0.4) is 0 Å². The molecule has 0 saturated carbocycles. The van der Waals surface area contributed by atoms with Gasteiger partial charge in [0.1, 0.15) is 0 Å². The van der Waals surface area contributed by atoms with Crippen molar-refractivity contribution in [2.75, 3.05) is 6.61 Å². The zero-order chi connectivity index (χ0) is 12.8. The van der Waals surface area contributed by atoms with E-state index in [2.05, 4.69) is 11.4 Å². The molecule has 0 atom stereocenters. The molecule has 0 aromatic heterocycles. The summed E-state index contributed by atoms with van der Waals surface area (Å²) in [5.74, 6) is 0. The molecule has 0 aliphatic rings. The average Bonchev–Trinajstić information content (AvgIpc) is 2.30. The van der Waals surface area contributed by atoms with Crippen LogP contribution in [0.4, 0.5) is 0 Å². The minimum atomic E-state index is -2.64. The van der Waals surface area contributed by atoms with Gasteiger partial charge in [0.05, 0.1) is 0 Å². The third-order valence-electron chi connectivity index (χ3n) is 2.94. The average molecular weight is 400 g/mol. The van der Waals surface area contributed by atoms with Crippen LogP contribution < -0.4 is 9.79 Å². The molecule has 0 spiro atoms. The Morgan fingerprint density at radius 1 is 0.722 bits per heavy atom. The number of hydrogen-bond acceptors (Lipinski definition) is 3. The molecule has 0 rings (SSSR count). The minimum Gasteiger partial charge on any atom is -0.820 e. The molecule has 0 radical (unpaired) electrons. The Kier molecular flexibility index (Phi) is 23.3. The Balaban J connectivity index is 0.